The smallest absolute Gasteiger partial charge is 0.247 e. The lowest BCUT2D eigenvalue weighted by Crippen LogP contribution is -2.50. The number of hydrogen-bond acceptors (Lipinski definition) is 5. The topological polar surface area (TPSA) is 101 Å². The normalized spacial score (nSPS) is 16.4. The Balaban J connectivity index is 1.82. The molecular formula is C27H36N4O4. The van der Waals surface area contributed by atoms with Crippen LogP contribution in [0.1, 0.15) is 63.6 Å². The summed E-state index contributed by atoms with van der Waals surface area (Å²) in [6.45, 7) is 8.63. The third-order valence-corrected chi connectivity index (χ3v) is 5.69. The monoisotopic (exact) mass is 480 g/mol. The highest BCUT2D eigenvalue weighted by Gasteiger charge is 2.35. The molecule has 35 heavy (non-hydrogen) atoms. The minimum atomic E-state index is -0.828. The number of aryl methyl sites for hydroxylation is 1. The maximum absolute atomic E-state index is 13.5. The Kier molecular flexibility index (Phi) is 8.98. The van der Waals surface area contributed by atoms with Crippen molar-refractivity contribution in [1.82, 2.24) is 15.2 Å². The molecule has 1 aromatic carbocycles. The fourth-order valence-corrected chi connectivity index (χ4v) is 4.02. The lowest BCUT2D eigenvalue weighted by molar-refractivity contribution is -0.143. The van der Waals surface area contributed by atoms with Crippen LogP contribution in [0.4, 0.5) is 5.82 Å². The first kappa shape index (κ1) is 26.3. The number of amides is 3. The van der Waals surface area contributed by atoms with Gasteiger partial charge in [0.2, 0.25) is 17.7 Å². The average molecular weight is 481 g/mol. The van der Waals surface area contributed by atoms with E-state index in [4.69, 9.17) is 4.74 Å². The summed E-state index contributed by atoms with van der Waals surface area (Å²) >= 11 is 0. The molecule has 1 aliphatic heterocycles. The molecular weight excluding hydrogens is 444 g/mol. The lowest BCUT2D eigenvalue weighted by Gasteiger charge is -2.35. The number of benzene rings is 1. The minimum absolute atomic E-state index is 0.0149. The number of rotatable bonds is 9. The van der Waals surface area contributed by atoms with Crippen LogP contribution in [0, 0.1) is 6.92 Å². The SMILES string of the molecule is Cc1ccc([C@H](C(=O)NC(C)(C)C)N(C[C@@H]2CCCO2)C(=O)CCC(=O)Nc2ccccn2)cc1. The molecule has 2 aromatic rings. The van der Waals surface area contributed by atoms with Crippen LogP contribution >= 0.6 is 0 Å². The van der Waals surface area contributed by atoms with Crippen LogP contribution in [0.2, 0.25) is 0 Å². The predicted octanol–water partition coefficient (Wildman–Crippen LogP) is 3.77. The van der Waals surface area contributed by atoms with Crippen LogP contribution in [0.5, 0.6) is 0 Å². The molecule has 3 amide bonds. The molecule has 8 heteroatoms. The van der Waals surface area contributed by atoms with Crippen molar-refractivity contribution in [2.45, 2.75) is 71.1 Å². The standard InChI is InChI=1S/C27H36N4O4/c1-19-10-12-20(13-11-19)25(26(34)30-27(2,3)4)31(18-21-8-7-17-35-21)24(33)15-14-23(32)29-22-9-5-6-16-28-22/h5-6,9-13,16,21,25H,7-8,14-15,17-18H2,1-4H3,(H,30,34)(H,28,29,32)/t21-,25+/m0/s1. The van der Waals surface area contributed by atoms with Crippen molar-refractivity contribution < 1.29 is 19.1 Å². The number of carbonyl (C=O) groups is 3. The van der Waals surface area contributed by atoms with Crippen molar-refractivity contribution in [3.63, 3.8) is 0 Å². The van der Waals surface area contributed by atoms with Gasteiger partial charge in [0.1, 0.15) is 11.9 Å². The van der Waals surface area contributed by atoms with Gasteiger partial charge in [-0.25, -0.2) is 4.98 Å². The van der Waals surface area contributed by atoms with E-state index < -0.39 is 11.6 Å². The van der Waals surface area contributed by atoms with Crippen LogP contribution in [0.25, 0.3) is 0 Å². The molecule has 0 radical (unpaired) electrons. The highest BCUT2D eigenvalue weighted by Crippen LogP contribution is 2.26. The van der Waals surface area contributed by atoms with Gasteiger partial charge in [0.05, 0.1) is 6.10 Å². The quantitative estimate of drug-likeness (QED) is 0.569. The molecule has 0 unspecified atom stereocenters. The summed E-state index contributed by atoms with van der Waals surface area (Å²) in [5.41, 5.74) is 1.31. The summed E-state index contributed by atoms with van der Waals surface area (Å²) < 4.78 is 5.81. The molecule has 2 atom stereocenters. The van der Waals surface area contributed by atoms with E-state index in [0.717, 1.165) is 24.0 Å². The zero-order valence-electron chi connectivity index (χ0n) is 21.0. The number of anilines is 1. The van der Waals surface area contributed by atoms with Gasteiger partial charge in [-0.2, -0.15) is 0 Å². The van der Waals surface area contributed by atoms with Gasteiger partial charge < -0.3 is 20.3 Å². The zero-order valence-corrected chi connectivity index (χ0v) is 21.0. The highest BCUT2D eigenvalue weighted by molar-refractivity contribution is 5.94. The third-order valence-electron chi connectivity index (χ3n) is 5.69. The minimum Gasteiger partial charge on any atom is -0.376 e. The number of aromatic nitrogens is 1. The van der Waals surface area contributed by atoms with Gasteiger partial charge >= 0.3 is 0 Å². The first-order valence-electron chi connectivity index (χ1n) is 12.1. The van der Waals surface area contributed by atoms with E-state index in [1.807, 2.05) is 52.0 Å². The van der Waals surface area contributed by atoms with Gasteiger partial charge in [-0.1, -0.05) is 35.9 Å². The summed E-state index contributed by atoms with van der Waals surface area (Å²) in [6.07, 6.45) is 3.14. The van der Waals surface area contributed by atoms with E-state index in [0.29, 0.717) is 12.4 Å². The van der Waals surface area contributed by atoms with Crippen LogP contribution in [0.15, 0.2) is 48.7 Å². The Morgan fingerprint density at radius 3 is 2.46 bits per heavy atom. The Morgan fingerprint density at radius 2 is 1.86 bits per heavy atom. The van der Waals surface area contributed by atoms with Gasteiger partial charge in [0, 0.05) is 37.7 Å². The maximum Gasteiger partial charge on any atom is 0.247 e. The molecule has 188 valence electrons. The van der Waals surface area contributed by atoms with Gasteiger partial charge in [0.25, 0.3) is 0 Å². The number of hydrogen-bond donors (Lipinski definition) is 2. The number of nitrogens with zero attached hydrogens (tertiary/aromatic N) is 2. The summed E-state index contributed by atoms with van der Waals surface area (Å²) in [5.74, 6) is -0.402. The van der Waals surface area contributed by atoms with E-state index >= 15 is 0 Å². The third kappa shape index (κ3) is 8.17. The fraction of sp³-hybridized carbons (Fsp3) is 0.481. The summed E-state index contributed by atoms with van der Waals surface area (Å²) in [4.78, 5) is 45.2. The Labute approximate surface area is 207 Å². The fourth-order valence-electron chi connectivity index (χ4n) is 4.02. The van der Waals surface area contributed by atoms with Crippen molar-refractivity contribution in [2.75, 3.05) is 18.5 Å². The van der Waals surface area contributed by atoms with Crippen LogP contribution in [-0.2, 0) is 19.1 Å². The first-order valence-corrected chi connectivity index (χ1v) is 12.1. The maximum atomic E-state index is 13.5. The number of nitrogens with one attached hydrogen (secondary N) is 2. The van der Waals surface area contributed by atoms with Crippen molar-refractivity contribution in [3.05, 3.63) is 59.8 Å². The second kappa shape index (κ2) is 11.9. The number of ether oxygens (including phenoxy) is 1. The van der Waals surface area contributed by atoms with Gasteiger partial charge in [-0.15, -0.1) is 0 Å². The Bertz CT molecular complexity index is 996. The second-order valence-electron chi connectivity index (χ2n) is 10.00. The van der Waals surface area contributed by atoms with E-state index in [2.05, 4.69) is 15.6 Å². The molecule has 2 N–H and O–H groups in total. The molecule has 0 bridgehead atoms. The summed E-state index contributed by atoms with van der Waals surface area (Å²) in [6, 6.07) is 12.0. The molecule has 3 rings (SSSR count). The van der Waals surface area contributed by atoms with Crippen LogP contribution < -0.4 is 10.6 Å². The van der Waals surface area contributed by atoms with Crippen LogP contribution in [0.3, 0.4) is 0 Å². The summed E-state index contributed by atoms with van der Waals surface area (Å²) in [5, 5.41) is 5.73. The van der Waals surface area contributed by atoms with Gasteiger partial charge in [0.15, 0.2) is 0 Å². The summed E-state index contributed by atoms with van der Waals surface area (Å²) in [7, 11) is 0. The molecule has 1 saturated heterocycles. The number of pyridine rings is 1. The largest absolute Gasteiger partial charge is 0.376 e. The predicted molar refractivity (Wildman–Crippen MR) is 135 cm³/mol. The van der Waals surface area contributed by atoms with Crippen molar-refractivity contribution in [1.29, 1.82) is 0 Å². The van der Waals surface area contributed by atoms with Crippen molar-refractivity contribution in [3.8, 4) is 0 Å². The molecule has 2 heterocycles. The Hall–Kier alpha value is -3.26. The van der Waals surface area contributed by atoms with Crippen molar-refractivity contribution >= 4 is 23.5 Å². The lowest BCUT2D eigenvalue weighted by atomic mass is 9.99. The molecule has 0 saturated carbocycles. The Morgan fingerprint density at radius 1 is 1.11 bits per heavy atom. The molecule has 0 aliphatic carbocycles. The van der Waals surface area contributed by atoms with Gasteiger partial charge in [-0.05, 0) is 58.2 Å². The highest BCUT2D eigenvalue weighted by atomic mass is 16.5. The molecule has 1 aromatic heterocycles. The zero-order chi connectivity index (χ0) is 25.4. The van der Waals surface area contributed by atoms with Crippen molar-refractivity contribution in [2.24, 2.45) is 0 Å². The first-order chi connectivity index (χ1) is 16.6. The molecule has 0 spiro atoms. The molecule has 1 fully saturated rings. The van der Waals surface area contributed by atoms with E-state index in [1.54, 1.807) is 29.3 Å². The molecule has 8 nitrogen and oxygen atoms in total. The van der Waals surface area contributed by atoms with E-state index in [-0.39, 0.29) is 43.2 Å². The van der Waals surface area contributed by atoms with Gasteiger partial charge in [-0.3, -0.25) is 14.4 Å². The second-order valence-corrected chi connectivity index (χ2v) is 10.00. The van der Waals surface area contributed by atoms with E-state index in [9.17, 15) is 14.4 Å². The average Bonchev–Trinajstić information content (AvgIpc) is 3.31. The van der Waals surface area contributed by atoms with Crippen LogP contribution in [-0.4, -0.2) is 52.4 Å². The molecule has 1 aliphatic rings. The van der Waals surface area contributed by atoms with E-state index in [1.165, 1.54) is 0 Å². The number of carbonyl (C=O) groups excluding carboxylic acids is 3.